The highest BCUT2D eigenvalue weighted by Gasteiger charge is 2.19. The summed E-state index contributed by atoms with van der Waals surface area (Å²) in [6.07, 6.45) is 13.3. The van der Waals surface area contributed by atoms with E-state index in [-0.39, 0.29) is 0 Å². The molecule has 0 N–H and O–H groups in total. The van der Waals surface area contributed by atoms with Crippen molar-refractivity contribution in [2.24, 2.45) is 17.8 Å². The van der Waals surface area contributed by atoms with Crippen molar-refractivity contribution in [2.75, 3.05) is 0 Å². The largest absolute Gasteiger partial charge is 0.0654 e. The number of hydrogen-bond donors (Lipinski definition) is 0. The Hall–Kier alpha value is 0. The Balaban J connectivity index is 2.06. The maximum absolute atomic E-state index is 2.47. The molecule has 0 heteroatoms. The van der Waals surface area contributed by atoms with Crippen LogP contribution >= 0.6 is 0 Å². The summed E-state index contributed by atoms with van der Waals surface area (Å²) in [5.74, 6) is 3.06. The molecule has 0 aromatic heterocycles. The second-order valence-electron chi connectivity index (χ2n) is 5.96. The van der Waals surface area contributed by atoms with Gasteiger partial charge in [0, 0.05) is 0 Å². The minimum atomic E-state index is 0.981. The second-order valence-corrected chi connectivity index (χ2v) is 5.96. The molecule has 0 heterocycles. The topological polar surface area (TPSA) is 0 Å². The first kappa shape index (κ1) is 13.1. The summed E-state index contributed by atoms with van der Waals surface area (Å²) in [4.78, 5) is 0. The van der Waals surface area contributed by atoms with Crippen LogP contribution in [0, 0.1) is 17.8 Å². The van der Waals surface area contributed by atoms with Crippen LogP contribution < -0.4 is 0 Å². The van der Waals surface area contributed by atoms with E-state index in [1.54, 1.807) is 0 Å². The molecule has 0 nitrogen and oxygen atoms in total. The zero-order chi connectivity index (χ0) is 11.1. The van der Waals surface area contributed by atoms with Crippen LogP contribution in [0.3, 0.4) is 0 Å². The van der Waals surface area contributed by atoms with Crippen LogP contribution in [0.25, 0.3) is 0 Å². The fourth-order valence-electron chi connectivity index (χ4n) is 2.99. The van der Waals surface area contributed by atoms with Gasteiger partial charge in [-0.25, -0.2) is 0 Å². The molecular formula is C15H30. The van der Waals surface area contributed by atoms with E-state index in [2.05, 4.69) is 20.8 Å². The molecule has 0 aromatic rings. The van der Waals surface area contributed by atoms with Gasteiger partial charge in [0.15, 0.2) is 0 Å². The molecular weight excluding hydrogens is 180 g/mol. The van der Waals surface area contributed by atoms with Crippen LogP contribution in [-0.2, 0) is 0 Å². The molecule has 0 spiro atoms. The smallest absolute Gasteiger partial charge is 0.0412 e. The van der Waals surface area contributed by atoms with E-state index in [0.29, 0.717) is 0 Å². The molecule has 1 aliphatic rings. The molecule has 0 aliphatic heterocycles. The highest BCUT2D eigenvalue weighted by Crippen LogP contribution is 2.33. The van der Waals surface area contributed by atoms with Gasteiger partial charge in [-0.2, -0.15) is 0 Å². The third-order valence-electron chi connectivity index (χ3n) is 4.17. The second kappa shape index (κ2) is 7.30. The predicted molar refractivity (Wildman–Crippen MR) is 69.0 cm³/mol. The molecule has 1 aliphatic carbocycles. The van der Waals surface area contributed by atoms with Crippen molar-refractivity contribution in [1.82, 2.24) is 0 Å². The van der Waals surface area contributed by atoms with E-state index in [1.807, 2.05) is 0 Å². The zero-order valence-corrected chi connectivity index (χ0v) is 11.1. The van der Waals surface area contributed by atoms with Gasteiger partial charge >= 0.3 is 0 Å². The van der Waals surface area contributed by atoms with Gasteiger partial charge in [0.2, 0.25) is 0 Å². The molecule has 0 radical (unpaired) electrons. The number of unbranched alkanes of at least 4 members (excludes halogenated alkanes) is 2. The molecule has 0 saturated heterocycles. The predicted octanol–water partition coefficient (Wildman–Crippen LogP) is 5.42. The minimum Gasteiger partial charge on any atom is -0.0654 e. The standard InChI is InChI=1S/C15H30/c1-4-5-6-7-14(3)12-15-10-8-13(2)9-11-15/h13-15H,4-12H2,1-3H3. The van der Waals surface area contributed by atoms with Gasteiger partial charge in [-0.15, -0.1) is 0 Å². The Labute approximate surface area is 96.8 Å². The first-order valence-electron chi connectivity index (χ1n) is 7.22. The fourth-order valence-corrected chi connectivity index (χ4v) is 2.99. The lowest BCUT2D eigenvalue weighted by Crippen LogP contribution is -2.14. The van der Waals surface area contributed by atoms with Gasteiger partial charge in [0.25, 0.3) is 0 Å². The van der Waals surface area contributed by atoms with Gasteiger partial charge in [-0.1, -0.05) is 72.1 Å². The summed E-state index contributed by atoms with van der Waals surface area (Å²) in [5.41, 5.74) is 0. The SMILES string of the molecule is CCCCCC(C)CC1CCC(C)CC1. The van der Waals surface area contributed by atoms with Crippen molar-refractivity contribution in [2.45, 2.75) is 78.6 Å². The van der Waals surface area contributed by atoms with Crippen LogP contribution in [-0.4, -0.2) is 0 Å². The van der Waals surface area contributed by atoms with Crippen molar-refractivity contribution in [3.8, 4) is 0 Å². The van der Waals surface area contributed by atoms with Gasteiger partial charge in [-0.05, 0) is 24.2 Å². The van der Waals surface area contributed by atoms with Gasteiger partial charge in [0.1, 0.15) is 0 Å². The molecule has 0 bridgehead atoms. The van der Waals surface area contributed by atoms with Crippen molar-refractivity contribution >= 4 is 0 Å². The molecule has 1 saturated carbocycles. The minimum absolute atomic E-state index is 0.981. The molecule has 90 valence electrons. The Bertz CT molecular complexity index is 142. The van der Waals surface area contributed by atoms with Gasteiger partial charge < -0.3 is 0 Å². The van der Waals surface area contributed by atoms with Gasteiger partial charge in [0.05, 0.1) is 0 Å². The first-order valence-corrected chi connectivity index (χ1v) is 7.22. The molecule has 1 atom stereocenters. The fraction of sp³-hybridized carbons (Fsp3) is 1.00. The van der Waals surface area contributed by atoms with Crippen molar-refractivity contribution in [3.05, 3.63) is 0 Å². The summed E-state index contributed by atoms with van der Waals surface area (Å²) in [5, 5.41) is 0. The maximum Gasteiger partial charge on any atom is -0.0412 e. The summed E-state index contributed by atoms with van der Waals surface area (Å²) in [6.45, 7) is 7.18. The molecule has 1 rings (SSSR count). The molecule has 1 fully saturated rings. The molecule has 0 amide bonds. The van der Waals surface area contributed by atoms with E-state index in [9.17, 15) is 0 Å². The number of hydrogen-bond acceptors (Lipinski definition) is 0. The normalized spacial score (nSPS) is 29.0. The third-order valence-corrected chi connectivity index (χ3v) is 4.17. The average molecular weight is 210 g/mol. The highest BCUT2D eigenvalue weighted by molar-refractivity contribution is 4.72. The number of rotatable bonds is 6. The molecule has 1 unspecified atom stereocenters. The lowest BCUT2D eigenvalue weighted by Gasteiger charge is -2.28. The summed E-state index contributed by atoms with van der Waals surface area (Å²) >= 11 is 0. The van der Waals surface area contributed by atoms with Gasteiger partial charge in [-0.3, -0.25) is 0 Å². The summed E-state index contributed by atoms with van der Waals surface area (Å²) in [7, 11) is 0. The van der Waals surface area contributed by atoms with E-state index in [4.69, 9.17) is 0 Å². The maximum atomic E-state index is 2.47. The zero-order valence-electron chi connectivity index (χ0n) is 11.1. The van der Waals surface area contributed by atoms with Crippen molar-refractivity contribution < 1.29 is 0 Å². The third kappa shape index (κ3) is 5.58. The van der Waals surface area contributed by atoms with E-state index in [0.717, 1.165) is 17.8 Å². The lowest BCUT2D eigenvalue weighted by molar-refractivity contribution is 0.245. The summed E-state index contributed by atoms with van der Waals surface area (Å²) < 4.78 is 0. The van der Waals surface area contributed by atoms with Crippen LogP contribution in [0.4, 0.5) is 0 Å². The monoisotopic (exact) mass is 210 g/mol. The van der Waals surface area contributed by atoms with Crippen LogP contribution in [0.1, 0.15) is 78.6 Å². The first-order chi connectivity index (χ1) is 7.22. The van der Waals surface area contributed by atoms with Crippen molar-refractivity contribution in [1.29, 1.82) is 0 Å². The van der Waals surface area contributed by atoms with Crippen molar-refractivity contribution in [3.63, 3.8) is 0 Å². The molecule has 0 aromatic carbocycles. The van der Waals surface area contributed by atoms with Crippen LogP contribution in [0.15, 0.2) is 0 Å². The average Bonchev–Trinajstić information content (AvgIpc) is 2.22. The lowest BCUT2D eigenvalue weighted by atomic mass is 9.78. The van der Waals surface area contributed by atoms with E-state index < -0.39 is 0 Å². The van der Waals surface area contributed by atoms with Crippen LogP contribution in [0.2, 0.25) is 0 Å². The van der Waals surface area contributed by atoms with Crippen LogP contribution in [0.5, 0.6) is 0 Å². The van der Waals surface area contributed by atoms with E-state index in [1.165, 1.54) is 57.8 Å². The quantitative estimate of drug-likeness (QED) is 0.514. The van der Waals surface area contributed by atoms with E-state index >= 15 is 0 Å². The summed E-state index contributed by atoms with van der Waals surface area (Å²) in [6, 6.07) is 0. The Morgan fingerprint density at radius 1 is 1.07 bits per heavy atom. The Morgan fingerprint density at radius 2 is 1.73 bits per heavy atom. The molecule has 15 heavy (non-hydrogen) atoms. The Kier molecular flexibility index (Phi) is 6.36. The highest BCUT2D eigenvalue weighted by atomic mass is 14.3. The Morgan fingerprint density at radius 3 is 2.33 bits per heavy atom.